The highest BCUT2D eigenvalue weighted by Crippen LogP contribution is 2.60. The Balaban J connectivity index is 0.000000121. The second-order valence-electron chi connectivity index (χ2n) is 38.1. The van der Waals surface area contributed by atoms with Gasteiger partial charge in [0.15, 0.2) is 66.5 Å². The number of rotatable bonds is 11. The highest BCUT2D eigenvalue weighted by Gasteiger charge is 2.74. The van der Waals surface area contributed by atoms with Gasteiger partial charge in [0.2, 0.25) is 0 Å². The summed E-state index contributed by atoms with van der Waals surface area (Å²) in [5.41, 5.74) is 19.6. The second kappa shape index (κ2) is 40.5. The van der Waals surface area contributed by atoms with E-state index in [0.717, 1.165) is 93.3 Å². The molecule has 9 saturated heterocycles. The van der Waals surface area contributed by atoms with Gasteiger partial charge in [0, 0.05) is 55.5 Å². The van der Waals surface area contributed by atoms with E-state index in [9.17, 15) is 25.2 Å². The van der Waals surface area contributed by atoms with E-state index in [1.807, 2.05) is 110 Å². The number of pyridine rings is 3. The predicted octanol–water partition coefficient (Wildman–Crippen LogP) is 11.6. The van der Waals surface area contributed by atoms with Gasteiger partial charge in [-0.05, 0) is 246 Å². The Morgan fingerprint density at radius 2 is 0.836 bits per heavy atom. The number of aliphatic hydroxyl groups is 4. The molecule has 0 amide bonds. The van der Waals surface area contributed by atoms with Gasteiger partial charge in [-0.1, -0.05) is 130 Å². The Bertz CT molecular complexity index is 5550. The number of aliphatic hydroxyl groups excluding tert-OH is 3. The zero-order chi connectivity index (χ0) is 93.7. The molecule has 0 radical (unpaired) electrons. The summed E-state index contributed by atoms with van der Waals surface area (Å²) < 4.78 is 99.3. The van der Waals surface area contributed by atoms with Crippen LogP contribution in [0.4, 0.5) is 17.5 Å². The molecule has 14 fully saturated rings. The third kappa shape index (κ3) is 20.0. The van der Waals surface area contributed by atoms with Crippen LogP contribution in [0.3, 0.4) is 0 Å². The van der Waals surface area contributed by atoms with E-state index in [1.54, 1.807) is 34.5 Å². The number of nitrogens with two attached hydrogens (primary N) is 3. The fourth-order valence-electron chi connectivity index (χ4n) is 22.1. The minimum atomic E-state index is -1.36. The molecule has 12 heterocycles. The molecule has 10 unspecified atom stereocenters. The zero-order valence-electron chi connectivity index (χ0n) is 76.7. The maximum Gasteiger partial charge on any atom is 0.187 e. The summed E-state index contributed by atoms with van der Waals surface area (Å²) in [6.07, 6.45) is 1.91. The molecule has 23 rings (SSSR count). The Hall–Kier alpha value is -5.49. The standard InChI is InChI=1S/C21H25ClN2O4.C18H15P.C17H19ClN2O4.C12H18O4.C11H18O5.C11H16O5.C9H6BrClN2.BrH.HI/c1-20(2)27-17-19(25-3)26-16-12(6-7-21(16,17)28-20)8-11-4-5-15-13(9-11)10-14(22)18(23)24-15;1-4-10-16(11-5-1)19(17-12-6-2-7-13-17)18-14-8-3-9-15-18;18-11-7-10-6-8(1-2-12(10)20-15(11)19)5-9-3-4-17(23)13(21)16(22)24-14(9)17;1-7-5-6-12-8(7)14-10(13-4)9(12)15-11(2,3)16-12;2*1-10(2)15-8-9(13-3)14-7-6(12)4-5-11(7,8)16-10;10-6-2-1-5-3-7(11)9(12)13-8(5)4-6;;/h4-5,9-10,12,16-17,19H,6-8H2,1-3H3,(H2,23,24);1-15H;1-2,6-7,9,13-14,16,21-23H,3-5H2,(H2,19,20);8-10H,1,5-6H2,2-4H3;6-9,12H,4-5H2,1-3H3;7-9H,4-5H2,1-3H3;1-4H,(H2,12,13);2*1H/t12-,16+,17?,19?,21+;;9-,13?,14+,16?,17-;8-,9?,10?,12-;6-,7-,8?,9?,11-;7-,8?,9?,11-;;;/m0.0111.../s1. The molecule has 35 heteroatoms. The minimum Gasteiger partial charge on any atom is -1.00 e. The van der Waals surface area contributed by atoms with Gasteiger partial charge in [-0.25, -0.2) is 15.0 Å². The van der Waals surface area contributed by atoms with Crippen LogP contribution in [-0.2, 0) is 98.2 Å². The van der Waals surface area contributed by atoms with Crippen molar-refractivity contribution in [2.24, 2.45) is 11.8 Å². The summed E-state index contributed by atoms with van der Waals surface area (Å²) in [4.78, 5) is 24.5. The van der Waals surface area contributed by atoms with E-state index in [0.29, 0.717) is 70.5 Å². The number of halogens is 6. The van der Waals surface area contributed by atoms with Crippen molar-refractivity contribution in [1.29, 1.82) is 0 Å². The van der Waals surface area contributed by atoms with Gasteiger partial charge in [0.05, 0.1) is 57.9 Å². The van der Waals surface area contributed by atoms with Crippen LogP contribution >= 0.6 is 82.6 Å². The van der Waals surface area contributed by atoms with Gasteiger partial charge >= 0.3 is 0 Å². The van der Waals surface area contributed by atoms with Crippen molar-refractivity contribution >= 4 is 154 Å². The normalized spacial score (nSPS) is 34.7. The van der Waals surface area contributed by atoms with Crippen LogP contribution in [-0.4, -0.2) is 219 Å². The van der Waals surface area contributed by atoms with Gasteiger partial charge in [0.1, 0.15) is 104 Å². The van der Waals surface area contributed by atoms with Crippen molar-refractivity contribution in [3.05, 3.63) is 207 Å². The lowest BCUT2D eigenvalue weighted by molar-refractivity contribution is -0.240. The lowest BCUT2D eigenvalue weighted by Gasteiger charge is -2.29. The fraction of sp³-hybridized carbons (Fsp3) is 0.515. The summed E-state index contributed by atoms with van der Waals surface area (Å²) >= 11 is 21.4. The number of nitrogens with zero attached hydrogens (tertiary/aromatic N) is 3. The van der Waals surface area contributed by atoms with Gasteiger partial charge in [0.25, 0.3) is 0 Å². The monoisotopic (exact) mass is 2160 g/mol. The highest BCUT2D eigenvalue weighted by molar-refractivity contribution is 14.0. The third-order valence-electron chi connectivity index (χ3n) is 27.5. The van der Waals surface area contributed by atoms with Crippen molar-refractivity contribution in [3.63, 3.8) is 0 Å². The molecule has 0 bridgehead atoms. The van der Waals surface area contributed by atoms with Crippen LogP contribution < -0.4 is 50.1 Å². The van der Waals surface area contributed by atoms with Crippen LogP contribution in [0.15, 0.2) is 180 Å². The van der Waals surface area contributed by atoms with Crippen LogP contribution in [0.25, 0.3) is 32.7 Å². The first-order valence-corrected chi connectivity index (χ1v) is 48.3. The molecule has 9 aliphatic heterocycles. The fourth-order valence-corrected chi connectivity index (χ4v) is 25.5. The number of carbonyl (C=O) groups excluding carboxylic acids is 1. The molecule has 14 aliphatic rings. The zero-order valence-corrected chi connectivity index (χ0v) is 85.5. The molecule has 3 aromatic heterocycles. The van der Waals surface area contributed by atoms with Gasteiger partial charge < -0.3 is 135 Å². The van der Waals surface area contributed by atoms with Gasteiger partial charge in [-0.15, -0.1) is 24.0 Å². The maximum absolute atomic E-state index is 11.7. The van der Waals surface area contributed by atoms with E-state index in [2.05, 4.69) is 141 Å². The Morgan fingerprint density at radius 3 is 1.31 bits per heavy atom. The van der Waals surface area contributed by atoms with Crippen molar-refractivity contribution in [2.45, 2.75) is 282 Å². The SMILES string of the molecule is C=C1CC[C@]23OC(C)(C)OC2C(OC)O[C@H]13.COC1O[C@@H]2C(=O)CC[C@@]23OC(C)(C)OC13.COC1O[C@@H]2[C@H](Cc3ccc4nc(N)c(Cl)cc4c3)CC[C@@]23OC(C)(C)OC13.COC1O[C@@H]2[C@H](O)CC[C@@]23OC(C)(C)OC13.I.Nc1nc2cc(Br)ccc2cc1Cl.Nc1nc2ccc(C[C@@H]3CC[C@]4(O)C(O)C(O)O[C@H]34)cc2cc1Cl.[Br-].c1ccc([PH+](c2ccccc2)c2ccccc2)cc1. The average Bonchev–Trinajstić information content (AvgIpc) is 1.56. The summed E-state index contributed by atoms with van der Waals surface area (Å²) in [5, 5.41) is 48.7. The molecular weight excluding hydrogens is 2050 g/mol. The summed E-state index contributed by atoms with van der Waals surface area (Å²) in [5.74, 6) is -1.01. The van der Waals surface area contributed by atoms with E-state index < -0.39 is 103 Å². The number of ketones is 1. The Kier molecular flexibility index (Phi) is 31.1. The summed E-state index contributed by atoms with van der Waals surface area (Å²) in [6.45, 7) is 19.3. The number of hydrogen-bond acceptors (Lipinski definition) is 28. The molecule has 5 aliphatic carbocycles. The summed E-state index contributed by atoms with van der Waals surface area (Å²) in [6, 6.07) is 55.8. The molecule has 10 N–H and O–H groups in total. The van der Waals surface area contributed by atoms with Crippen LogP contribution in [0.5, 0.6) is 0 Å². The van der Waals surface area contributed by atoms with Crippen LogP contribution in [0.2, 0.25) is 15.1 Å². The molecule has 9 aromatic rings. The number of hydrogen-bond donors (Lipinski definition) is 7. The van der Waals surface area contributed by atoms with Crippen molar-refractivity contribution < 1.29 is 123 Å². The molecular formula is C99H119Br2Cl3IN6O22P. The Labute approximate surface area is 832 Å². The van der Waals surface area contributed by atoms with Crippen molar-refractivity contribution in [1.82, 2.24) is 15.0 Å². The molecule has 4 spiro atoms. The van der Waals surface area contributed by atoms with E-state index in [4.69, 9.17) is 133 Å². The third-order valence-corrected chi connectivity index (χ3v) is 31.7. The van der Waals surface area contributed by atoms with E-state index in [1.165, 1.54) is 21.5 Å². The maximum atomic E-state index is 11.7. The van der Waals surface area contributed by atoms with E-state index in [-0.39, 0.29) is 107 Å². The molecule has 5 saturated carbocycles. The van der Waals surface area contributed by atoms with Crippen molar-refractivity contribution in [2.75, 3.05) is 45.6 Å². The average molecular weight is 2170 g/mol. The Morgan fingerprint density at radius 1 is 0.448 bits per heavy atom. The van der Waals surface area contributed by atoms with Crippen LogP contribution in [0.1, 0.15) is 131 Å². The molecule has 23 atom stereocenters. The van der Waals surface area contributed by atoms with Crippen LogP contribution in [0, 0.1) is 11.8 Å². The van der Waals surface area contributed by atoms with Gasteiger partial charge in [-0.2, -0.15) is 0 Å². The molecule has 724 valence electrons. The second-order valence-corrected chi connectivity index (χ2v) is 42.7. The number of methoxy groups -OCH3 is 4. The van der Waals surface area contributed by atoms with Gasteiger partial charge in [-0.3, -0.25) is 4.79 Å². The lowest BCUT2D eigenvalue weighted by atomic mass is 9.90. The first kappa shape index (κ1) is 103. The number of carbonyl (C=O) groups is 1. The number of anilines is 3. The number of nitrogen functional groups attached to an aromatic ring is 3. The first-order chi connectivity index (χ1) is 62.8. The number of fused-ring (bicyclic) bond motifs is 4. The number of benzene rings is 6. The number of aromatic nitrogens is 3. The largest absolute Gasteiger partial charge is 1.00 e. The quantitative estimate of drug-likeness (QED) is 0.0359. The molecule has 134 heavy (non-hydrogen) atoms. The smallest absolute Gasteiger partial charge is 0.187 e. The molecule has 6 aromatic carbocycles. The summed E-state index contributed by atoms with van der Waals surface area (Å²) in [7, 11) is 5.56. The number of Topliss-reactive ketones (excluding diaryl/α,β-unsaturated/α-hetero) is 1. The number of ether oxygens (including phenoxy) is 17. The minimum absolute atomic E-state index is 0. The molecule has 28 nitrogen and oxygen atoms in total. The first-order valence-electron chi connectivity index (χ1n) is 44.9. The predicted molar refractivity (Wildman–Crippen MR) is 519 cm³/mol. The highest BCUT2D eigenvalue weighted by atomic mass is 127. The topological polar surface area (TPSA) is 372 Å². The lowest BCUT2D eigenvalue weighted by Crippen LogP contribution is -3.00. The van der Waals surface area contributed by atoms with E-state index >= 15 is 0 Å². The van der Waals surface area contributed by atoms with Crippen molar-refractivity contribution in [3.8, 4) is 0 Å².